The average molecular weight is 719 g/mol. The summed E-state index contributed by atoms with van der Waals surface area (Å²) >= 11 is 0. The standard InChI is InChI=1S/C40H54N4O8/c1-7-11-28(38(48)34(47)18-25(4)27-12-9-8-10-13-27)20-33(46)37-29-14-15-35(52-23-51-6)30(29)22-44(37)40(50)36(24(2)3)43-39(49)26(5)19-32(45)31-21-41-16-17-42-31/h8-10,12-13,16-17,21,24-26,28-30,35-37H,7,11,14-15,18-20,22-23H2,1-6H3,(H,43,49)/t25-,26-,28?,29-,30-,35+,36-,37-/m0/s1. The van der Waals surface area contributed by atoms with Gasteiger partial charge in [-0.05, 0) is 42.6 Å². The molecular weight excluding hydrogens is 664 g/mol. The summed E-state index contributed by atoms with van der Waals surface area (Å²) in [5, 5.41) is 2.87. The first-order chi connectivity index (χ1) is 24.9. The number of amides is 2. The zero-order valence-corrected chi connectivity index (χ0v) is 31.3. The monoisotopic (exact) mass is 718 g/mol. The molecular formula is C40H54N4O8. The lowest BCUT2D eigenvalue weighted by Gasteiger charge is -2.33. The third-order valence-electron chi connectivity index (χ3n) is 10.6. The van der Waals surface area contributed by atoms with Crippen molar-refractivity contribution in [2.24, 2.45) is 29.6 Å². The fraction of sp³-hybridized carbons (Fsp3) is 0.600. The molecule has 2 amide bonds. The summed E-state index contributed by atoms with van der Waals surface area (Å²) in [6.07, 6.45) is 6.07. The minimum Gasteiger partial charge on any atom is -0.359 e. The summed E-state index contributed by atoms with van der Waals surface area (Å²) in [5.41, 5.74) is 1.11. The van der Waals surface area contributed by atoms with Crippen LogP contribution in [0.5, 0.6) is 0 Å². The van der Waals surface area contributed by atoms with Crippen LogP contribution < -0.4 is 5.32 Å². The Bertz CT molecular complexity index is 1550. The number of nitrogens with one attached hydrogen (secondary N) is 1. The van der Waals surface area contributed by atoms with Crippen molar-refractivity contribution in [1.29, 1.82) is 0 Å². The predicted octanol–water partition coefficient (Wildman–Crippen LogP) is 4.76. The van der Waals surface area contributed by atoms with Gasteiger partial charge in [0.05, 0.1) is 18.3 Å². The summed E-state index contributed by atoms with van der Waals surface area (Å²) in [4.78, 5) is 91.4. The number of likely N-dealkylation sites (tertiary alicyclic amines) is 1. The number of carbonyl (C=O) groups excluding carboxylic acids is 6. The van der Waals surface area contributed by atoms with Gasteiger partial charge in [0.25, 0.3) is 0 Å². The van der Waals surface area contributed by atoms with Gasteiger partial charge in [0.1, 0.15) is 18.5 Å². The highest BCUT2D eigenvalue weighted by Crippen LogP contribution is 2.45. The molecule has 2 heterocycles. The summed E-state index contributed by atoms with van der Waals surface area (Å²) in [5.74, 6) is -4.91. The van der Waals surface area contributed by atoms with Crippen molar-refractivity contribution < 1.29 is 38.2 Å². The number of nitrogens with zero attached hydrogens (tertiary/aromatic N) is 3. The normalized spacial score (nSPS) is 21.9. The van der Waals surface area contributed by atoms with E-state index >= 15 is 0 Å². The minimum absolute atomic E-state index is 0.0487. The van der Waals surface area contributed by atoms with E-state index in [1.165, 1.54) is 25.7 Å². The van der Waals surface area contributed by atoms with Crippen LogP contribution in [0.2, 0.25) is 0 Å². The number of benzene rings is 1. The van der Waals surface area contributed by atoms with E-state index in [0.29, 0.717) is 25.7 Å². The van der Waals surface area contributed by atoms with E-state index < -0.39 is 47.3 Å². The highest BCUT2D eigenvalue weighted by molar-refractivity contribution is 6.38. The molecule has 1 aromatic heterocycles. The Labute approximate surface area is 306 Å². The molecule has 2 fully saturated rings. The van der Waals surface area contributed by atoms with E-state index in [1.807, 2.05) is 58.0 Å². The third-order valence-corrected chi connectivity index (χ3v) is 10.6. The SMILES string of the molecule is CCCC(CC(=O)[C@@H]1[C@H]2CC[C@@H](OCOC)[C@H]2CN1C(=O)[C@@H](NC(=O)[C@@H](C)CC(=O)c1cnccn1)C(C)C)C(=O)C(=O)C[C@H](C)c1ccccc1. The summed E-state index contributed by atoms with van der Waals surface area (Å²) in [7, 11) is 1.54. The smallest absolute Gasteiger partial charge is 0.246 e. The van der Waals surface area contributed by atoms with E-state index in [0.717, 1.165) is 5.56 Å². The molecule has 1 aliphatic carbocycles. The first-order valence-corrected chi connectivity index (χ1v) is 18.5. The largest absolute Gasteiger partial charge is 0.359 e. The molecule has 282 valence electrons. The molecule has 0 radical (unpaired) electrons. The molecule has 1 aromatic carbocycles. The molecule has 12 heteroatoms. The zero-order chi connectivity index (χ0) is 37.9. The molecule has 4 rings (SSSR count). The molecule has 1 saturated carbocycles. The Morgan fingerprint density at radius 2 is 1.67 bits per heavy atom. The second-order valence-corrected chi connectivity index (χ2v) is 14.8. The second-order valence-electron chi connectivity index (χ2n) is 14.8. The number of hydrogen-bond acceptors (Lipinski definition) is 10. The zero-order valence-electron chi connectivity index (χ0n) is 31.3. The van der Waals surface area contributed by atoms with Crippen LogP contribution in [0.15, 0.2) is 48.9 Å². The molecule has 1 saturated heterocycles. The number of ether oxygens (including phenoxy) is 2. The van der Waals surface area contributed by atoms with Crippen LogP contribution >= 0.6 is 0 Å². The molecule has 52 heavy (non-hydrogen) atoms. The first kappa shape index (κ1) is 40.6. The van der Waals surface area contributed by atoms with Crippen LogP contribution in [0.25, 0.3) is 0 Å². The van der Waals surface area contributed by atoms with Crippen molar-refractivity contribution in [3.05, 3.63) is 60.2 Å². The lowest BCUT2D eigenvalue weighted by Crippen LogP contribution is -2.55. The van der Waals surface area contributed by atoms with Crippen molar-refractivity contribution in [1.82, 2.24) is 20.2 Å². The molecule has 0 bridgehead atoms. The van der Waals surface area contributed by atoms with Gasteiger partial charge in [-0.1, -0.05) is 71.4 Å². The Kier molecular flexibility index (Phi) is 14.9. The van der Waals surface area contributed by atoms with E-state index in [-0.39, 0.29) is 79.6 Å². The van der Waals surface area contributed by atoms with Gasteiger partial charge >= 0.3 is 0 Å². The number of rotatable bonds is 20. The maximum Gasteiger partial charge on any atom is 0.246 e. The summed E-state index contributed by atoms with van der Waals surface area (Å²) in [6.45, 7) is 9.38. The van der Waals surface area contributed by atoms with Crippen molar-refractivity contribution in [2.45, 2.75) is 104 Å². The fourth-order valence-corrected chi connectivity index (χ4v) is 7.73. The van der Waals surface area contributed by atoms with Gasteiger partial charge in [0.15, 0.2) is 17.3 Å². The number of aromatic nitrogens is 2. The van der Waals surface area contributed by atoms with Gasteiger partial charge in [0.2, 0.25) is 17.6 Å². The minimum atomic E-state index is -0.969. The molecule has 2 aromatic rings. The number of fused-ring (bicyclic) bond motifs is 1. The highest BCUT2D eigenvalue weighted by Gasteiger charge is 2.54. The number of carbonyl (C=O) groups is 6. The van der Waals surface area contributed by atoms with Crippen LogP contribution in [0, 0.1) is 29.6 Å². The molecule has 8 atom stereocenters. The lowest BCUT2D eigenvalue weighted by atomic mass is 9.83. The molecule has 1 N–H and O–H groups in total. The van der Waals surface area contributed by atoms with Crippen LogP contribution in [0.3, 0.4) is 0 Å². The van der Waals surface area contributed by atoms with E-state index in [9.17, 15) is 28.8 Å². The van der Waals surface area contributed by atoms with E-state index in [4.69, 9.17) is 9.47 Å². The van der Waals surface area contributed by atoms with Gasteiger partial charge in [-0.25, -0.2) is 4.98 Å². The molecule has 1 unspecified atom stereocenters. The quantitative estimate of drug-likeness (QED) is 0.115. The van der Waals surface area contributed by atoms with Crippen molar-refractivity contribution in [3.63, 3.8) is 0 Å². The molecule has 2 aliphatic rings. The van der Waals surface area contributed by atoms with Crippen molar-refractivity contribution in [2.75, 3.05) is 20.4 Å². The number of hydrogen-bond donors (Lipinski definition) is 1. The molecule has 12 nitrogen and oxygen atoms in total. The van der Waals surface area contributed by atoms with Crippen LogP contribution in [0.1, 0.15) is 102 Å². The van der Waals surface area contributed by atoms with Gasteiger partial charge in [-0.2, -0.15) is 0 Å². The second kappa shape index (κ2) is 19.1. The van der Waals surface area contributed by atoms with Gasteiger partial charge in [-0.3, -0.25) is 33.8 Å². The average Bonchev–Trinajstić information content (AvgIpc) is 3.72. The Morgan fingerprint density at radius 3 is 2.31 bits per heavy atom. The third kappa shape index (κ3) is 10.0. The first-order valence-electron chi connectivity index (χ1n) is 18.5. The number of ketones is 4. The fourth-order valence-electron chi connectivity index (χ4n) is 7.73. The van der Waals surface area contributed by atoms with Gasteiger partial charge < -0.3 is 19.7 Å². The maximum absolute atomic E-state index is 14.5. The van der Waals surface area contributed by atoms with Gasteiger partial charge in [0, 0.05) is 63.1 Å². The Balaban J connectivity index is 1.53. The summed E-state index contributed by atoms with van der Waals surface area (Å²) in [6, 6.07) is 7.73. The van der Waals surface area contributed by atoms with Crippen molar-refractivity contribution in [3.8, 4) is 0 Å². The van der Waals surface area contributed by atoms with E-state index in [1.54, 1.807) is 11.8 Å². The van der Waals surface area contributed by atoms with Crippen LogP contribution in [0.4, 0.5) is 0 Å². The predicted molar refractivity (Wildman–Crippen MR) is 193 cm³/mol. The summed E-state index contributed by atoms with van der Waals surface area (Å²) < 4.78 is 11.1. The van der Waals surface area contributed by atoms with Crippen LogP contribution in [-0.4, -0.2) is 88.5 Å². The van der Waals surface area contributed by atoms with E-state index in [2.05, 4.69) is 15.3 Å². The Morgan fingerprint density at radius 1 is 0.942 bits per heavy atom. The number of methoxy groups -OCH3 is 1. The highest BCUT2D eigenvalue weighted by atomic mass is 16.7. The lowest BCUT2D eigenvalue weighted by molar-refractivity contribution is -0.144. The molecule has 0 spiro atoms. The van der Waals surface area contributed by atoms with Gasteiger partial charge in [-0.15, -0.1) is 0 Å². The number of Topliss-reactive ketones (excluding diaryl/α,β-unsaturated/α-hetero) is 4. The van der Waals surface area contributed by atoms with Crippen molar-refractivity contribution >= 4 is 34.9 Å². The molecule has 1 aliphatic heterocycles. The Hall–Kier alpha value is -4.16. The topological polar surface area (TPSA) is 162 Å². The maximum atomic E-state index is 14.5. The van der Waals surface area contributed by atoms with Crippen LogP contribution in [-0.2, 0) is 33.4 Å².